The summed E-state index contributed by atoms with van der Waals surface area (Å²) in [5.74, 6) is 0. The molecule has 1 atom stereocenters. The van der Waals surface area contributed by atoms with Crippen LogP contribution in [0.5, 0.6) is 0 Å². The second kappa shape index (κ2) is 7.41. The maximum absolute atomic E-state index is 5.78. The zero-order valence-electron chi connectivity index (χ0n) is 12.7. The molecule has 0 heterocycles. The van der Waals surface area contributed by atoms with Crippen LogP contribution in [0.15, 0.2) is 42.5 Å². The van der Waals surface area contributed by atoms with Gasteiger partial charge in [0.25, 0.3) is 0 Å². The monoisotopic (exact) mass is 271 g/mol. The van der Waals surface area contributed by atoms with Gasteiger partial charge in [0.15, 0.2) is 0 Å². The molecule has 0 radical (unpaired) electrons. The molecule has 0 saturated carbocycles. The van der Waals surface area contributed by atoms with Crippen molar-refractivity contribution in [3.05, 3.63) is 48.0 Å². The number of hydrogen-bond acceptors (Lipinski definition) is 2. The number of ether oxygens (including phenoxy) is 1. The number of nitrogens with one attached hydrogen (secondary N) is 1. The molecule has 0 aliphatic carbocycles. The molecule has 2 heteroatoms. The van der Waals surface area contributed by atoms with Gasteiger partial charge in [0.2, 0.25) is 0 Å². The van der Waals surface area contributed by atoms with Crippen molar-refractivity contribution in [3.63, 3.8) is 0 Å². The van der Waals surface area contributed by atoms with Crippen LogP contribution in [-0.4, -0.2) is 25.3 Å². The second-order valence-electron chi connectivity index (χ2n) is 5.48. The van der Waals surface area contributed by atoms with E-state index in [1.54, 1.807) is 0 Å². The highest BCUT2D eigenvalue weighted by Crippen LogP contribution is 2.20. The molecule has 0 aliphatic rings. The zero-order chi connectivity index (χ0) is 14.4. The van der Waals surface area contributed by atoms with Gasteiger partial charge in [-0.3, -0.25) is 0 Å². The summed E-state index contributed by atoms with van der Waals surface area (Å²) in [6.45, 7) is 8.04. The first-order valence-electron chi connectivity index (χ1n) is 7.52. The molecule has 2 aromatic rings. The van der Waals surface area contributed by atoms with E-state index in [0.29, 0.717) is 6.04 Å². The van der Waals surface area contributed by atoms with Crippen LogP contribution in [0.2, 0.25) is 0 Å². The Morgan fingerprint density at radius 3 is 2.55 bits per heavy atom. The Balaban J connectivity index is 2.15. The Hall–Kier alpha value is -1.38. The predicted molar refractivity (Wildman–Crippen MR) is 86.2 cm³/mol. The fourth-order valence-electron chi connectivity index (χ4n) is 2.52. The summed E-state index contributed by atoms with van der Waals surface area (Å²) in [6, 6.07) is 15.5. The highest BCUT2D eigenvalue weighted by molar-refractivity contribution is 5.85. The van der Waals surface area contributed by atoms with Crippen molar-refractivity contribution in [2.75, 3.05) is 13.2 Å². The molecule has 2 rings (SSSR count). The number of rotatable bonds is 7. The SMILES string of the molecule is CCNC(COC(C)C)Cc1cccc2ccccc12. The molecule has 20 heavy (non-hydrogen) atoms. The van der Waals surface area contributed by atoms with Crippen LogP contribution in [0.1, 0.15) is 26.3 Å². The quantitative estimate of drug-likeness (QED) is 0.827. The van der Waals surface area contributed by atoms with Gasteiger partial charge in [-0.1, -0.05) is 49.4 Å². The molecule has 2 aromatic carbocycles. The van der Waals surface area contributed by atoms with E-state index in [1.165, 1.54) is 16.3 Å². The first-order chi connectivity index (χ1) is 9.70. The van der Waals surface area contributed by atoms with Crippen LogP contribution in [0.25, 0.3) is 10.8 Å². The standard InChI is InChI=1S/C18H25NO/c1-4-19-17(13-20-14(2)3)12-16-10-7-9-15-8-5-6-11-18(15)16/h5-11,14,17,19H,4,12-13H2,1-3H3. The molecule has 108 valence electrons. The summed E-state index contributed by atoms with van der Waals surface area (Å²) < 4.78 is 5.78. The lowest BCUT2D eigenvalue weighted by molar-refractivity contribution is 0.0616. The topological polar surface area (TPSA) is 21.3 Å². The predicted octanol–water partition coefficient (Wildman–Crippen LogP) is 3.79. The van der Waals surface area contributed by atoms with E-state index in [9.17, 15) is 0 Å². The second-order valence-corrected chi connectivity index (χ2v) is 5.48. The third kappa shape index (κ3) is 4.06. The van der Waals surface area contributed by atoms with Crippen LogP contribution in [0, 0.1) is 0 Å². The Morgan fingerprint density at radius 1 is 1.05 bits per heavy atom. The maximum atomic E-state index is 5.78. The minimum Gasteiger partial charge on any atom is -0.377 e. The lowest BCUT2D eigenvalue weighted by Gasteiger charge is -2.20. The molecule has 0 fully saturated rings. The summed E-state index contributed by atoms with van der Waals surface area (Å²) in [6.07, 6.45) is 1.28. The number of fused-ring (bicyclic) bond motifs is 1. The summed E-state index contributed by atoms with van der Waals surface area (Å²) in [5.41, 5.74) is 1.39. The molecule has 0 spiro atoms. The first-order valence-corrected chi connectivity index (χ1v) is 7.52. The summed E-state index contributed by atoms with van der Waals surface area (Å²) in [4.78, 5) is 0. The minimum atomic E-state index is 0.281. The summed E-state index contributed by atoms with van der Waals surface area (Å²) in [7, 11) is 0. The van der Waals surface area contributed by atoms with Gasteiger partial charge in [-0.05, 0) is 43.1 Å². The van der Waals surface area contributed by atoms with E-state index in [-0.39, 0.29) is 6.10 Å². The van der Waals surface area contributed by atoms with Gasteiger partial charge in [-0.15, -0.1) is 0 Å². The minimum absolute atomic E-state index is 0.281. The Labute approximate surface area is 122 Å². The Kier molecular flexibility index (Phi) is 5.57. The molecule has 1 N–H and O–H groups in total. The van der Waals surface area contributed by atoms with E-state index >= 15 is 0 Å². The zero-order valence-corrected chi connectivity index (χ0v) is 12.7. The van der Waals surface area contributed by atoms with Crippen molar-refractivity contribution >= 4 is 10.8 Å². The number of benzene rings is 2. The van der Waals surface area contributed by atoms with Gasteiger partial charge in [0.1, 0.15) is 0 Å². The van der Waals surface area contributed by atoms with Crippen molar-refractivity contribution in [2.24, 2.45) is 0 Å². The van der Waals surface area contributed by atoms with Gasteiger partial charge < -0.3 is 10.1 Å². The van der Waals surface area contributed by atoms with Gasteiger partial charge >= 0.3 is 0 Å². The highest BCUT2D eigenvalue weighted by Gasteiger charge is 2.11. The molecule has 0 saturated heterocycles. The number of hydrogen-bond donors (Lipinski definition) is 1. The van der Waals surface area contributed by atoms with Crippen LogP contribution in [-0.2, 0) is 11.2 Å². The molecular weight excluding hydrogens is 246 g/mol. The molecule has 0 aliphatic heterocycles. The van der Waals surface area contributed by atoms with E-state index in [1.807, 2.05) is 0 Å². The Morgan fingerprint density at radius 2 is 1.80 bits per heavy atom. The van der Waals surface area contributed by atoms with Gasteiger partial charge in [-0.2, -0.15) is 0 Å². The average molecular weight is 271 g/mol. The summed E-state index contributed by atoms with van der Waals surface area (Å²) in [5, 5.41) is 6.19. The van der Waals surface area contributed by atoms with Crippen molar-refractivity contribution in [1.29, 1.82) is 0 Å². The van der Waals surface area contributed by atoms with E-state index in [4.69, 9.17) is 4.74 Å². The van der Waals surface area contributed by atoms with Crippen LogP contribution in [0.4, 0.5) is 0 Å². The van der Waals surface area contributed by atoms with Crippen molar-refractivity contribution in [2.45, 2.75) is 39.3 Å². The maximum Gasteiger partial charge on any atom is 0.0626 e. The molecule has 1 unspecified atom stereocenters. The molecule has 0 aromatic heterocycles. The molecular formula is C18H25NO. The van der Waals surface area contributed by atoms with Gasteiger partial charge in [-0.25, -0.2) is 0 Å². The fraction of sp³-hybridized carbons (Fsp3) is 0.444. The van der Waals surface area contributed by atoms with E-state index in [2.05, 4.69) is 68.6 Å². The fourth-order valence-corrected chi connectivity index (χ4v) is 2.52. The van der Waals surface area contributed by atoms with Gasteiger partial charge in [0, 0.05) is 6.04 Å². The number of likely N-dealkylation sites (N-methyl/N-ethyl adjacent to an activating group) is 1. The average Bonchev–Trinajstić information content (AvgIpc) is 2.45. The molecule has 0 amide bonds. The largest absolute Gasteiger partial charge is 0.377 e. The van der Waals surface area contributed by atoms with E-state index < -0.39 is 0 Å². The summed E-state index contributed by atoms with van der Waals surface area (Å²) >= 11 is 0. The normalized spacial score (nSPS) is 13.0. The third-order valence-corrected chi connectivity index (χ3v) is 3.47. The van der Waals surface area contributed by atoms with Crippen molar-refractivity contribution < 1.29 is 4.74 Å². The lowest BCUT2D eigenvalue weighted by atomic mass is 9.99. The van der Waals surface area contributed by atoms with Gasteiger partial charge in [0.05, 0.1) is 12.7 Å². The first kappa shape index (κ1) is 15.0. The van der Waals surface area contributed by atoms with Crippen molar-refractivity contribution in [3.8, 4) is 0 Å². The molecule has 2 nitrogen and oxygen atoms in total. The smallest absolute Gasteiger partial charge is 0.0626 e. The Bertz CT molecular complexity index is 530. The third-order valence-electron chi connectivity index (χ3n) is 3.47. The van der Waals surface area contributed by atoms with Crippen LogP contribution < -0.4 is 5.32 Å². The lowest BCUT2D eigenvalue weighted by Crippen LogP contribution is -2.36. The van der Waals surface area contributed by atoms with Crippen LogP contribution in [0.3, 0.4) is 0 Å². The van der Waals surface area contributed by atoms with Crippen LogP contribution >= 0.6 is 0 Å². The van der Waals surface area contributed by atoms with E-state index in [0.717, 1.165) is 19.6 Å². The molecule has 0 bridgehead atoms. The van der Waals surface area contributed by atoms with Crippen molar-refractivity contribution in [1.82, 2.24) is 5.32 Å². The highest BCUT2D eigenvalue weighted by atomic mass is 16.5.